The van der Waals surface area contributed by atoms with E-state index in [1.807, 2.05) is 0 Å². The molecule has 2 aliphatic heterocycles. The third kappa shape index (κ3) is 3.86. The second-order valence-corrected chi connectivity index (χ2v) is 8.16. The quantitative estimate of drug-likeness (QED) is 0.838. The molecule has 22 heavy (non-hydrogen) atoms. The normalized spacial score (nSPS) is 21.6. The van der Waals surface area contributed by atoms with Crippen molar-refractivity contribution in [1.29, 1.82) is 0 Å². The second kappa shape index (κ2) is 6.64. The van der Waals surface area contributed by atoms with Crippen molar-refractivity contribution in [2.24, 2.45) is 0 Å². The van der Waals surface area contributed by atoms with Crippen molar-refractivity contribution in [1.82, 2.24) is 0 Å². The summed E-state index contributed by atoms with van der Waals surface area (Å²) in [5.41, 5.74) is 0.618. The van der Waals surface area contributed by atoms with Gasteiger partial charge in [-0.25, -0.2) is 8.42 Å². The SMILES string of the molecule is O=S(=O)(Cc1cc(Cl)c2c(c1)OCCCO2)C[C@@H]1CCCO1. The molecule has 5 nitrogen and oxygen atoms in total. The van der Waals surface area contributed by atoms with Crippen LogP contribution in [0.1, 0.15) is 24.8 Å². The molecule has 1 aromatic carbocycles. The van der Waals surface area contributed by atoms with E-state index in [1.54, 1.807) is 12.1 Å². The number of halogens is 1. The number of rotatable bonds is 4. The van der Waals surface area contributed by atoms with Crippen LogP contribution in [0.15, 0.2) is 12.1 Å². The average molecular weight is 347 g/mol. The standard InChI is InChI=1S/C15H19ClO5S/c16-13-7-11(8-14-15(13)21-6-2-5-20-14)9-22(17,18)10-12-3-1-4-19-12/h7-8,12H,1-6,9-10H2/t12-/m0/s1. The summed E-state index contributed by atoms with van der Waals surface area (Å²) in [6, 6.07) is 3.35. The Morgan fingerprint density at radius 3 is 2.73 bits per heavy atom. The average Bonchev–Trinajstić information content (AvgIpc) is 2.80. The molecule has 0 amide bonds. The minimum Gasteiger partial charge on any atom is -0.489 e. The largest absolute Gasteiger partial charge is 0.489 e. The first kappa shape index (κ1) is 15.9. The van der Waals surface area contributed by atoms with Crippen molar-refractivity contribution in [2.45, 2.75) is 31.1 Å². The Labute approximate surface area is 135 Å². The van der Waals surface area contributed by atoms with Crippen LogP contribution >= 0.6 is 11.6 Å². The van der Waals surface area contributed by atoms with E-state index in [4.69, 9.17) is 25.8 Å². The van der Waals surface area contributed by atoms with Crippen LogP contribution in [0.4, 0.5) is 0 Å². The predicted octanol–water partition coefficient (Wildman–Crippen LogP) is 2.60. The summed E-state index contributed by atoms with van der Waals surface area (Å²) >= 11 is 6.19. The van der Waals surface area contributed by atoms with E-state index < -0.39 is 9.84 Å². The van der Waals surface area contributed by atoms with Gasteiger partial charge in [-0.1, -0.05) is 11.6 Å². The Morgan fingerprint density at radius 1 is 1.14 bits per heavy atom. The lowest BCUT2D eigenvalue weighted by molar-refractivity contribution is 0.127. The zero-order valence-electron chi connectivity index (χ0n) is 12.2. The van der Waals surface area contributed by atoms with Crippen LogP contribution in [0.3, 0.4) is 0 Å². The van der Waals surface area contributed by atoms with Crippen LogP contribution < -0.4 is 9.47 Å². The number of hydrogen-bond donors (Lipinski definition) is 0. The zero-order valence-corrected chi connectivity index (χ0v) is 13.8. The Bertz CT molecular complexity index is 638. The van der Waals surface area contributed by atoms with E-state index in [-0.39, 0.29) is 17.6 Å². The highest BCUT2D eigenvalue weighted by atomic mass is 35.5. The van der Waals surface area contributed by atoms with Gasteiger partial charge in [-0.2, -0.15) is 0 Å². The Morgan fingerprint density at radius 2 is 1.95 bits per heavy atom. The fraction of sp³-hybridized carbons (Fsp3) is 0.600. The molecule has 2 aliphatic rings. The van der Waals surface area contributed by atoms with Crippen molar-refractivity contribution in [3.63, 3.8) is 0 Å². The van der Waals surface area contributed by atoms with Crippen LogP contribution in [-0.4, -0.2) is 40.1 Å². The van der Waals surface area contributed by atoms with Crippen molar-refractivity contribution in [2.75, 3.05) is 25.6 Å². The molecule has 0 radical (unpaired) electrons. The molecule has 0 N–H and O–H groups in total. The van der Waals surface area contributed by atoms with Gasteiger partial charge in [0.05, 0.1) is 35.8 Å². The molecule has 0 spiro atoms. The van der Waals surface area contributed by atoms with Crippen molar-refractivity contribution in [3.05, 3.63) is 22.7 Å². The van der Waals surface area contributed by atoms with Gasteiger partial charge in [0.1, 0.15) is 0 Å². The maximum Gasteiger partial charge on any atom is 0.179 e. The van der Waals surface area contributed by atoms with Gasteiger partial charge in [0.2, 0.25) is 0 Å². The molecule has 1 saturated heterocycles. The highest BCUT2D eigenvalue weighted by Crippen LogP contribution is 2.38. The number of hydrogen-bond acceptors (Lipinski definition) is 5. The molecular formula is C15H19ClO5S. The lowest BCUT2D eigenvalue weighted by atomic mass is 10.2. The molecule has 0 aromatic heterocycles. The topological polar surface area (TPSA) is 61.8 Å². The van der Waals surface area contributed by atoms with Gasteiger partial charge >= 0.3 is 0 Å². The van der Waals surface area contributed by atoms with Crippen molar-refractivity contribution in [3.8, 4) is 11.5 Å². The van der Waals surface area contributed by atoms with E-state index in [0.717, 1.165) is 19.3 Å². The summed E-state index contributed by atoms with van der Waals surface area (Å²) in [4.78, 5) is 0. The predicted molar refractivity (Wildman–Crippen MR) is 83.5 cm³/mol. The number of ether oxygens (including phenoxy) is 3. The number of benzene rings is 1. The first-order valence-electron chi connectivity index (χ1n) is 7.43. The zero-order chi connectivity index (χ0) is 15.6. The molecule has 0 unspecified atom stereocenters. The van der Waals surface area contributed by atoms with Crippen LogP contribution in [0.25, 0.3) is 0 Å². The van der Waals surface area contributed by atoms with Crippen LogP contribution in [0.2, 0.25) is 5.02 Å². The highest BCUT2D eigenvalue weighted by molar-refractivity contribution is 7.90. The summed E-state index contributed by atoms with van der Waals surface area (Å²) in [7, 11) is -3.25. The van der Waals surface area contributed by atoms with Gasteiger partial charge in [-0.3, -0.25) is 0 Å². The highest BCUT2D eigenvalue weighted by Gasteiger charge is 2.25. The van der Waals surface area contributed by atoms with Gasteiger partial charge in [0.15, 0.2) is 21.3 Å². The minimum atomic E-state index is -3.25. The molecule has 1 aromatic rings. The maximum atomic E-state index is 12.3. The summed E-state index contributed by atoms with van der Waals surface area (Å²) < 4.78 is 41.2. The third-order valence-electron chi connectivity index (χ3n) is 3.71. The Hall–Kier alpha value is -0.980. The molecule has 1 atom stereocenters. The van der Waals surface area contributed by atoms with Gasteiger partial charge in [0.25, 0.3) is 0 Å². The first-order chi connectivity index (χ1) is 10.5. The smallest absolute Gasteiger partial charge is 0.179 e. The van der Waals surface area contributed by atoms with Crippen molar-refractivity contribution >= 4 is 21.4 Å². The van der Waals surface area contributed by atoms with Crippen LogP contribution in [0, 0.1) is 0 Å². The molecule has 1 fully saturated rings. The Kier molecular flexibility index (Phi) is 4.80. The van der Waals surface area contributed by atoms with E-state index >= 15 is 0 Å². The maximum absolute atomic E-state index is 12.3. The van der Waals surface area contributed by atoms with E-state index in [9.17, 15) is 8.42 Å². The number of sulfone groups is 1. The number of fused-ring (bicyclic) bond motifs is 1. The molecule has 0 bridgehead atoms. The molecule has 122 valence electrons. The van der Waals surface area contributed by atoms with Gasteiger partial charge < -0.3 is 14.2 Å². The second-order valence-electron chi connectivity index (χ2n) is 5.64. The van der Waals surface area contributed by atoms with E-state index in [0.29, 0.717) is 41.9 Å². The van der Waals surface area contributed by atoms with Gasteiger partial charge in [-0.05, 0) is 30.5 Å². The lowest BCUT2D eigenvalue weighted by Gasteiger charge is -2.13. The molecule has 3 rings (SSSR count). The third-order valence-corrected chi connectivity index (χ3v) is 5.65. The Balaban J connectivity index is 1.77. The lowest BCUT2D eigenvalue weighted by Crippen LogP contribution is -2.21. The fourth-order valence-electron chi connectivity index (χ4n) is 2.74. The van der Waals surface area contributed by atoms with Crippen LogP contribution in [0.5, 0.6) is 11.5 Å². The monoisotopic (exact) mass is 346 g/mol. The molecule has 7 heteroatoms. The molecular weight excluding hydrogens is 328 g/mol. The van der Waals surface area contributed by atoms with E-state index in [2.05, 4.69) is 0 Å². The van der Waals surface area contributed by atoms with Crippen molar-refractivity contribution < 1.29 is 22.6 Å². The van der Waals surface area contributed by atoms with E-state index in [1.165, 1.54) is 0 Å². The first-order valence-corrected chi connectivity index (χ1v) is 9.63. The summed E-state index contributed by atoms with van der Waals surface area (Å²) in [5, 5.41) is 0.390. The molecule has 0 saturated carbocycles. The summed E-state index contributed by atoms with van der Waals surface area (Å²) in [6.45, 7) is 1.73. The van der Waals surface area contributed by atoms with Gasteiger partial charge in [0, 0.05) is 13.0 Å². The molecule has 0 aliphatic carbocycles. The van der Waals surface area contributed by atoms with Gasteiger partial charge in [-0.15, -0.1) is 0 Å². The minimum absolute atomic E-state index is 0.0546. The summed E-state index contributed by atoms with van der Waals surface area (Å²) in [6.07, 6.45) is 2.33. The summed E-state index contributed by atoms with van der Waals surface area (Å²) in [5.74, 6) is 1.01. The molecule has 2 heterocycles. The van der Waals surface area contributed by atoms with Crippen LogP contribution in [-0.2, 0) is 20.3 Å². The fourth-order valence-corrected chi connectivity index (χ4v) is 4.65.